The van der Waals surface area contributed by atoms with Gasteiger partial charge in [0.1, 0.15) is 17.2 Å². The van der Waals surface area contributed by atoms with E-state index in [1.807, 2.05) is 12.1 Å². The molecule has 8 nitrogen and oxygen atoms in total. The van der Waals surface area contributed by atoms with Gasteiger partial charge in [0, 0.05) is 31.6 Å². The van der Waals surface area contributed by atoms with Crippen molar-refractivity contribution in [1.29, 1.82) is 0 Å². The Morgan fingerprint density at radius 1 is 1.03 bits per heavy atom. The molecule has 2 fully saturated rings. The Morgan fingerprint density at radius 3 is 2.55 bits per heavy atom. The molecular weight excluding hydrogens is 418 g/mol. The summed E-state index contributed by atoms with van der Waals surface area (Å²) in [6.07, 6.45) is 3.78. The van der Waals surface area contributed by atoms with E-state index in [9.17, 15) is 4.79 Å². The number of anilines is 1. The number of fused-ring (bicyclic) bond motifs is 1. The predicted molar refractivity (Wildman–Crippen MR) is 128 cm³/mol. The number of likely N-dealkylation sites (N-methyl/N-ethyl adjacent to an activating group) is 1. The molecule has 8 heteroatoms. The summed E-state index contributed by atoms with van der Waals surface area (Å²) in [5.41, 5.74) is 14.7. The van der Waals surface area contributed by atoms with Crippen LogP contribution in [-0.4, -0.2) is 57.2 Å². The number of hydrogen-bond donors (Lipinski definition) is 3. The minimum absolute atomic E-state index is 0.000685. The molecule has 2 aromatic carbocycles. The number of methoxy groups -OCH3 is 2. The SMILES string of the molecule is COc1ccc(N2NC3C(CC2=O)NNC3c2ccc(C3=CCN(C)CC3)cc2)c(OC)c1. The molecule has 3 unspecified atom stereocenters. The molecule has 3 heterocycles. The van der Waals surface area contributed by atoms with Gasteiger partial charge in [-0.15, -0.1) is 0 Å². The highest BCUT2D eigenvalue weighted by Gasteiger charge is 2.44. The molecule has 0 bridgehead atoms. The van der Waals surface area contributed by atoms with Crippen LogP contribution < -0.4 is 30.8 Å². The van der Waals surface area contributed by atoms with E-state index < -0.39 is 0 Å². The molecular formula is C25H31N5O3. The Morgan fingerprint density at radius 2 is 1.85 bits per heavy atom. The molecule has 5 rings (SSSR count). The van der Waals surface area contributed by atoms with Crippen molar-refractivity contribution < 1.29 is 14.3 Å². The molecule has 0 radical (unpaired) electrons. The summed E-state index contributed by atoms with van der Waals surface area (Å²) in [5, 5.41) is 1.61. The third kappa shape index (κ3) is 4.22. The minimum Gasteiger partial charge on any atom is -0.497 e. The largest absolute Gasteiger partial charge is 0.497 e. The molecule has 3 aliphatic rings. The summed E-state index contributed by atoms with van der Waals surface area (Å²) in [4.78, 5) is 15.3. The monoisotopic (exact) mass is 449 g/mol. The van der Waals surface area contributed by atoms with E-state index in [-0.39, 0.29) is 24.0 Å². The fourth-order valence-electron chi connectivity index (χ4n) is 4.85. The number of nitrogens with one attached hydrogen (secondary N) is 3. The van der Waals surface area contributed by atoms with E-state index in [4.69, 9.17) is 9.47 Å². The molecule has 3 aliphatic heterocycles. The van der Waals surface area contributed by atoms with Crippen LogP contribution in [0, 0.1) is 0 Å². The molecule has 0 saturated carbocycles. The first kappa shape index (κ1) is 21.9. The molecule has 174 valence electrons. The Kier molecular flexibility index (Phi) is 6.07. The van der Waals surface area contributed by atoms with Gasteiger partial charge in [0.15, 0.2) is 0 Å². The lowest BCUT2D eigenvalue weighted by Gasteiger charge is -2.37. The zero-order valence-corrected chi connectivity index (χ0v) is 19.3. The van der Waals surface area contributed by atoms with E-state index in [1.54, 1.807) is 25.3 Å². The Labute approximate surface area is 194 Å². The molecule has 0 aromatic heterocycles. The number of hydrazine groups is 2. The third-order valence-electron chi connectivity index (χ3n) is 6.82. The number of carbonyl (C=O) groups is 1. The minimum atomic E-state index is -0.0146. The van der Waals surface area contributed by atoms with Crippen LogP contribution in [0.2, 0.25) is 0 Å². The maximum Gasteiger partial charge on any atom is 0.243 e. The average Bonchev–Trinajstić information content (AvgIpc) is 3.26. The molecule has 0 aliphatic carbocycles. The van der Waals surface area contributed by atoms with Crippen LogP contribution in [-0.2, 0) is 4.79 Å². The van der Waals surface area contributed by atoms with Crippen LogP contribution in [0.1, 0.15) is 30.0 Å². The van der Waals surface area contributed by atoms with E-state index in [0.717, 1.165) is 19.5 Å². The maximum atomic E-state index is 12.9. The van der Waals surface area contributed by atoms with Crippen LogP contribution in [0.4, 0.5) is 5.69 Å². The molecule has 33 heavy (non-hydrogen) atoms. The Balaban J connectivity index is 1.36. The van der Waals surface area contributed by atoms with Gasteiger partial charge in [0.05, 0.1) is 26.3 Å². The van der Waals surface area contributed by atoms with Gasteiger partial charge in [0.2, 0.25) is 5.91 Å². The average molecular weight is 450 g/mol. The first-order chi connectivity index (χ1) is 16.1. The number of carbonyl (C=O) groups excluding carboxylic acids is 1. The second-order valence-corrected chi connectivity index (χ2v) is 8.86. The molecule has 3 N–H and O–H groups in total. The number of hydrogen-bond acceptors (Lipinski definition) is 7. The summed E-state index contributed by atoms with van der Waals surface area (Å²) in [6.45, 7) is 2.09. The van der Waals surface area contributed by atoms with Crippen LogP contribution in [0.25, 0.3) is 5.57 Å². The number of ether oxygens (including phenoxy) is 2. The normalized spacial score (nSPS) is 25.5. The van der Waals surface area contributed by atoms with Crippen molar-refractivity contribution in [3.63, 3.8) is 0 Å². The van der Waals surface area contributed by atoms with Crippen molar-refractivity contribution in [2.75, 3.05) is 39.4 Å². The first-order valence-corrected chi connectivity index (χ1v) is 11.4. The zero-order chi connectivity index (χ0) is 22.9. The summed E-state index contributed by atoms with van der Waals surface area (Å²) >= 11 is 0. The van der Waals surface area contributed by atoms with Crippen LogP contribution in [0.15, 0.2) is 48.5 Å². The van der Waals surface area contributed by atoms with Crippen LogP contribution in [0.3, 0.4) is 0 Å². The fraction of sp³-hybridized carbons (Fsp3) is 0.400. The maximum absolute atomic E-state index is 12.9. The molecule has 2 aromatic rings. The second-order valence-electron chi connectivity index (χ2n) is 8.86. The molecule has 3 atom stereocenters. The van der Waals surface area contributed by atoms with Gasteiger partial charge in [0.25, 0.3) is 0 Å². The lowest BCUT2D eigenvalue weighted by molar-refractivity contribution is -0.121. The number of benzene rings is 2. The number of amides is 1. The summed E-state index contributed by atoms with van der Waals surface area (Å²) < 4.78 is 10.8. The van der Waals surface area contributed by atoms with Gasteiger partial charge in [-0.05, 0) is 42.3 Å². The second kappa shape index (κ2) is 9.15. The van der Waals surface area contributed by atoms with Crippen molar-refractivity contribution >= 4 is 17.2 Å². The van der Waals surface area contributed by atoms with Gasteiger partial charge in [-0.3, -0.25) is 10.2 Å². The quantitative estimate of drug-likeness (QED) is 0.646. The van der Waals surface area contributed by atoms with Crippen LogP contribution in [0.5, 0.6) is 11.5 Å². The summed E-state index contributed by atoms with van der Waals surface area (Å²) in [6, 6.07) is 14.3. The molecule has 1 amide bonds. The van der Waals surface area contributed by atoms with E-state index in [0.29, 0.717) is 23.6 Å². The Bertz CT molecular complexity index is 1050. The molecule has 2 saturated heterocycles. The van der Waals surface area contributed by atoms with Crippen molar-refractivity contribution in [3.05, 3.63) is 59.7 Å². The summed E-state index contributed by atoms with van der Waals surface area (Å²) in [7, 11) is 5.36. The van der Waals surface area contributed by atoms with Crippen LogP contribution >= 0.6 is 0 Å². The summed E-state index contributed by atoms with van der Waals surface area (Å²) in [5.74, 6) is 1.25. The lowest BCUT2D eigenvalue weighted by atomic mass is 9.91. The first-order valence-electron chi connectivity index (χ1n) is 11.4. The van der Waals surface area contributed by atoms with Crippen molar-refractivity contribution in [2.24, 2.45) is 0 Å². The fourth-order valence-corrected chi connectivity index (χ4v) is 4.85. The van der Waals surface area contributed by atoms with Gasteiger partial charge >= 0.3 is 0 Å². The lowest BCUT2D eigenvalue weighted by Crippen LogP contribution is -2.60. The topological polar surface area (TPSA) is 78.1 Å². The highest BCUT2D eigenvalue weighted by atomic mass is 16.5. The van der Waals surface area contributed by atoms with E-state index in [2.05, 4.69) is 58.6 Å². The molecule has 0 spiro atoms. The Hall–Kier alpha value is -2.91. The van der Waals surface area contributed by atoms with Gasteiger partial charge < -0.3 is 14.4 Å². The third-order valence-corrected chi connectivity index (χ3v) is 6.82. The van der Waals surface area contributed by atoms with E-state index >= 15 is 0 Å². The van der Waals surface area contributed by atoms with Crippen molar-refractivity contribution in [1.82, 2.24) is 21.2 Å². The number of nitrogens with zero attached hydrogens (tertiary/aromatic N) is 2. The standard InChI is InChI=1S/C25H31N5O3/c1-29-12-10-17(11-13-29)16-4-6-18(7-5-16)24-25-20(26-27-24)15-23(31)30(28-25)21-9-8-19(32-2)14-22(21)33-3/h4-10,14,20,24-28H,11-13,15H2,1-3H3. The number of rotatable bonds is 5. The van der Waals surface area contributed by atoms with Gasteiger partial charge in [-0.25, -0.2) is 15.9 Å². The van der Waals surface area contributed by atoms with Crippen molar-refractivity contribution in [2.45, 2.75) is 31.0 Å². The van der Waals surface area contributed by atoms with Gasteiger partial charge in [-0.2, -0.15) is 0 Å². The van der Waals surface area contributed by atoms with E-state index in [1.165, 1.54) is 16.7 Å². The zero-order valence-electron chi connectivity index (χ0n) is 19.3. The predicted octanol–water partition coefficient (Wildman–Crippen LogP) is 2.25. The highest BCUT2D eigenvalue weighted by Crippen LogP contribution is 2.36. The smallest absolute Gasteiger partial charge is 0.243 e. The highest BCUT2D eigenvalue weighted by molar-refractivity contribution is 5.95. The van der Waals surface area contributed by atoms with Crippen molar-refractivity contribution in [3.8, 4) is 11.5 Å². The van der Waals surface area contributed by atoms with Gasteiger partial charge in [-0.1, -0.05) is 30.3 Å².